The molecule has 26 heavy (non-hydrogen) atoms. The third-order valence-electron chi connectivity index (χ3n) is 4.04. The van der Waals surface area contributed by atoms with Gasteiger partial charge in [-0.3, -0.25) is 14.5 Å². The summed E-state index contributed by atoms with van der Waals surface area (Å²) in [6, 6.07) is 7.69. The van der Waals surface area contributed by atoms with Crippen molar-refractivity contribution in [3.05, 3.63) is 47.2 Å². The molecule has 0 spiro atoms. The van der Waals surface area contributed by atoms with E-state index in [0.29, 0.717) is 4.90 Å². The Labute approximate surface area is 150 Å². The second-order valence-electron chi connectivity index (χ2n) is 5.75. The third-order valence-corrected chi connectivity index (χ3v) is 5.32. The molecule has 1 saturated heterocycles. The number of amides is 2. The molecule has 0 bridgehead atoms. The maximum absolute atomic E-state index is 13.0. The molecule has 2 aliphatic rings. The number of nitrogens with one attached hydrogen (secondary N) is 1. The van der Waals surface area contributed by atoms with Crippen molar-refractivity contribution < 1.29 is 32.7 Å². The van der Waals surface area contributed by atoms with E-state index in [-0.39, 0.29) is 6.42 Å². The SMILES string of the molecule is O=C(Cc1ccccc1)NC1C(=O)N2C(C(=O)O)=C(C(F)(F)F)CS[C@H]12. The topological polar surface area (TPSA) is 86.7 Å². The van der Waals surface area contributed by atoms with E-state index in [0.717, 1.165) is 17.3 Å². The highest BCUT2D eigenvalue weighted by molar-refractivity contribution is 8.00. The van der Waals surface area contributed by atoms with Gasteiger partial charge in [0.15, 0.2) is 0 Å². The number of carboxylic acids is 1. The van der Waals surface area contributed by atoms with E-state index >= 15 is 0 Å². The summed E-state index contributed by atoms with van der Waals surface area (Å²) < 4.78 is 39.0. The Bertz CT molecular complexity index is 794. The van der Waals surface area contributed by atoms with Gasteiger partial charge < -0.3 is 10.4 Å². The molecule has 0 saturated carbocycles. The third kappa shape index (κ3) is 3.28. The van der Waals surface area contributed by atoms with Gasteiger partial charge in [0.25, 0.3) is 5.91 Å². The fraction of sp³-hybridized carbons (Fsp3) is 0.312. The highest BCUT2D eigenvalue weighted by Gasteiger charge is 2.57. The molecule has 2 N–H and O–H groups in total. The van der Waals surface area contributed by atoms with Crippen LogP contribution in [0.5, 0.6) is 0 Å². The molecule has 1 fully saturated rings. The minimum atomic E-state index is -4.84. The van der Waals surface area contributed by atoms with Crippen molar-refractivity contribution >= 4 is 29.5 Å². The predicted molar refractivity (Wildman–Crippen MR) is 85.9 cm³/mol. The summed E-state index contributed by atoms with van der Waals surface area (Å²) in [5.74, 6) is -3.73. The quantitative estimate of drug-likeness (QED) is 0.767. The molecule has 0 radical (unpaired) electrons. The van der Waals surface area contributed by atoms with E-state index < -0.39 is 52.4 Å². The average Bonchev–Trinajstić information content (AvgIpc) is 2.58. The number of carbonyl (C=O) groups is 3. The molecule has 0 aromatic heterocycles. The predicted octanol–water partition coefficient (Wildman–Crippen LogP) is 1.53. The number of alkyl halides is 3. The van der Waals surface area contributed by atoms with Crippen LogP contribution in [0.4, 0.5) is 13.2 Å². The Balaban J connectivity index is 1.74. The van der Waals surface area contributed by atoms with Crippen LogP contribution in [0.1, 0.15) is 5.56 Å². The van der Waals surface area contributed by atoms with Crippen LogP contribution >= 0.6 is 11.8 Å². The van der Waals surface area contributed by atoms with E-state index in [1.165, 1.54) is 0 Å². The van der Waals surface area contributed by atoms with Crippen LogP contribution in [0, 0.1) is 0 Å². The second-order valence-corrected chi connectivity index (χ2v) is 6.85. The number of hydrogen-bond acceptors (Lipinski definition) is 4. The van der Waals surface area contributed by atoms with Gasteiger partial charge in [0.2, 0.25) is 5.91 Å². The highest BCUT2D eigenvalue weighted by atomic mass is 32.2. The molecule has 1 unspecified atom stereocenters. The Hall–Kier alpha value is -2.49. The van der Waals surface area contributed by atoms with Crippen molar-refractivity contribution in [3.63, 3.8) is 0 Å². The number of aliphatic carboxylic acids is 1. The van der Waals surface area contributed by atoms with Crippen LogP contribution in [-0.4, -0.2) is 51.1 Å². The molecular formula is C16H13F3N2O4S. The number of hydrogen-bond donors (Lipinski definition) is 2. The molecule has 138 valence electrons. The van der Waals surface area contributed by atoms with E-state index in [9.17, 15) is 27.6 Å². The molecule has 3 rings (SSSR count). The van der Waals surface area contributed by atoms with Crippen molar-refractivity contribution in [2.75, 3.05) is 5.75 Å². The zero-order valence-corrected chi connectivity index (χ0v) is 13.9. The summed E-state index contributed by atoms with van der Waals surface area (Å²) >= 11 is 0.778. The van der Waals surface area contributed by atoms with Crippen LogP contribution in [0.15, 0.2) is 41.6 Å². The van der Waals surface area contributed by atoms with E-state index in [2.05, 4.69) is 5.32 Å². The van der Waals surface area contributed by atoms with E-state index in [1.807, 2.05) is 0 Å². The first-order valence-corrected chi connectivity index (χ1v) is 8.56. The minimum Gasteiger partial charge on any atom is -0.477 e. The zero-order chi connectivity index (χ0) is 19.1. The zero-order valence-electron chi connectivity index (χ0n) is 13.1. The number of β-lactam (4-membered cyclic amide) rings is 1. The van der Waals surface area contributed by atoms with Crippen molar-refractivity contribution in [1.82, 2.24) is 10.2 Å². The molecular weight excluding hydrogens is 373 g/mol. The number of halogens is 3. The molecule has 1 aromatic rings. The van der Waals surface area contributed by atoms with Gasteiger partial charge in [0.1, 0.15) is 17.1 Å². The lowest BCUT2D eigenvalue weighted by Gasteiger charge is -2.49. The number of fused-ring (bicyclic) bond motifs is 1. The lowest BCUT2D eigenvalue weighted by molar-refractivity contribution is -0.152. The van der Waals surface area contributed by atoms with Gasteiger partial charge in [-0.05, 0) is 5.56 Å². The molecule has 2 heterocycles. The number of carbonyl (C=O) groups excluding carboxylic acids is 2. The fourth-order valence-electron chi connectivity index (χ4n) is 2.84. The summed E-state index contributed by atoms with van der Waals surface area (Å²) in [6.07, 6.45) is -4.83. The first kappa shape index (κ1) is 18.3. The maximum atomic E-state index is 13.0. The summed E-state index contributed by atoms with van der Waals surface area (Å²) in [4.78, 5) is 36.2. The summed E-state index contributed by atoms with van der Waals surface area (Å²) in [5.41, 5.74) is -1.59. The van der Waals surface area contributed by atoms with Crippen molar-refractivity contribution in [3.8, 4) is 0 Å². The van der Waals surface area contributed by atoms with Crippen LogP contribution in [0.3, 0.4) is 0 Å². The largest absolute Gasteiger partial charge is 0.477 e. The lowest BCUT2D eigenvalue weighted by Crippen LogP contribution is -2.71. The standard InChI is InChI=1S/C16H13F3N2O4S/c17-16(18,19)9-7-26-14-11(13(23)21(14)12(9)15(24)25)20-10(22)6-8-4-2-1-3-5-8/h1-5,11,14H,6-7H2,(H,20,22)(H,24,25)/t11?,14-/m1/s1. The smallest absolute Gasteiger partial charge is 0.415 e. The second kappa shape index (κ2) is 6.67. The van der Waals surface area contributed by atoms with Gasteiger partial charge in [-0.25, -0.2) is 4.79 Å². The molecule has 1 aromatic carbocycles. The van der Waals surface area contributed by atoms with Crippen LogP contribution in [0.25, 0.3) is 0 Å². The number of rotatable bonds is 4. The lowest BCUT2D eigenvalue weighted by atomic mass is 10.0. The average molecular weight is 386 g/mol. The Kier molecular flexibility index (Phi) is 4.70. The normalized spacial score (nSPS) is 22.6. The molecule has 0 aliphatic carbocycles. The van der Waals surface area contributed by atoms with E-state index in [4.69, 9.17) is 5.11 Å². The Morgan fingerprint density at radius 2 is 1.92 bits per heavy atom. The van der Waals surface area contributed by atoms with Crippen molar-refractivity contribution in [1.29, 1.82) is 0 Å². The number of thioether (sulfide) groups is 1. The monoisotopic (exact) mass is 386 g/mol. The van der Waals surface area contributed by atoms with Crippen molar-refractivity contribution in [2.45, 2.75) is 24.0 Å². The molecule has 2 aliphatic heterocycles. The molecule has 2 atom stereocenters. The summed E-state index contributed by atoms with van der Waals surface area (Å²) in [5, 5.41) is 10.7. The van der Waals surface area contributed by atoms with Gasteiger partial charge in [-0.1, -0.05) is 30.3 Å². The van der Waals surface area contributed by atoms with Crippen LogP contribution < -0.4 is 5.32 Å². The van der Waals surface area contributed by atoms with Gasteiger partial charge in [0, 0.05) is 5.75 Å². The Morgan fingerprint density at radius 3 is 2.50 bits per heavy atom. The first-order chi connectivity index (χ1) is 12.2. The number of nitrogens with zero attached hydrogens (tertiary/aromatic N) is 1. The molecule has 2 amide bonds. The van der Waals surface area contributed by atoms with Gasteiger partial charge in [-0.2, -0.15) is 13.2 Å². The number of benzene rings is 1. The van der Waals surface area contributed by atoms with E-state index in [1.54, 1.807) is 30.3 Å². The highest BCUT2D eigenvalue weighted by Crippen LogP contribution is 2.44. The van der Waals surface area contributed by atoms with Gasteiger partial charge in [-0.15, -0.1) is 11.8 Å². The Morgan fingerprint density at radius 1 is 1.27 bits per heavy atom. The van der Waals surface area contributed by atoms with Crippen LogP contribution in [-0.2, 0) is 20.8 Å². The minimum absolute atomic E-state index is 0.0113. The van der Waals surface area contributed by atoms with Gasteiger partial charge >= 0.3 is 12.1 Å². The molecule has 6 nitrogen and oxygen atoms in total. The van der Waals surface area contributed by atoms with Crippen LogP contribution in [0.2, 0.25) is 0 Å². The first-order valence-electron chi connectivity index (χ1n) is 7.51. The summed E-state index contributed by atoms with van der Waals surface area (Å²) in [7, 11) is 0. The van der Waals surface area contributed by atoms with Gasteiger partial charge in [0.05, 0.1) is 12.0 Å². The van der Waals surface area contributed by atoms with Crippen molar-refractivity contribution in [2.24, 2.45) is 0 Å². The maximum Gasteiger partial charge on any atom is 0.415 e. The summed E-state index contributed by atoms with van der Waals surface area (Å²) in [6.45, 7) is 0. The molecule has 10 heteroatoms. The number of carboxylic acid groups (broad SMARTS) is 1. The fourth-order valence-corrected chi connectivity index (χ4v) is 4.21.